The number of aryl methyl sites for hydroxylation is 1. The Kier molecular flexibility index (Phi) is 9.02. The molecule has 4 aliphatic rings. The number of hydrogen-bond donors (Lipinski definition) is 3. The molecule has 0 spiro atoms. The number of anilines is 1. The number of imidazole rings is 1. The molecule has 3 N–H and O–H groups in total. The van der Waals surface area contributed by atoms with Gasteiger partial charge in [-0.1, -0.05) is 12.1 Å². The number of amides is 4. The number of halogens is 3. The van der Waals surface area contributed by atoms with Crippen molar-refractivity contribution in [2.75, 3.05) is 43.6 Å². The number of aromatic nitrogens is 2. The second-order valence-corrected chi connectivity index (χ2v) is 16.2. The first kappa shape index (κ1) is 37.3. The number of ether oxygens (including phenoxy) is 1. The predicted molar refractivity (Wildman–Crippen MR) is 193 cm³/mol. The van der Waals surface area contributed by atoms with Gasteiger partial charge in [0.05, 0.1) is 36.6 Å². The molecule has 3 atom stereocenters. The third kappa shape index (κ3) is 6.49. The van der Waals surface area contributed by atoms with Crippen molar-refractivity contribution in [3.05, 3.63) is 64.3 Å². The monoisotopic (exact) mass is 799 g/mol. The predicted octanol–water partition coefficient (Wildman–Crippen LogP) is 1.60. The molecule has 296 valence electrons. The van der Waals surface area contributed by atoms with E-state index in [1.54, 1.807) is 10.8 Å². The summed E-state index contributed by atoms with van der Waals surface area (Å²) in [4.78, 5) is 65.3. The Balaban J connectivity index is 0.906. The van der Waals surface area contributed by atoms with Crippen LogP contribution in [-0.4, -0.2) is 107 Å². The maximum absolute atomic E-state index is 15.8. The summed E-state index contributed by atoms with van der Waals surface area (Å²) in [5.74, 6) is -8.23. The van der Waals surface area contributed by atoms with Gasteiger partial charge in [-0.2, -0.15) is 8.42 Å². The molecule has 5 heterocycles. The number of alkyl halides is 2. The zero-order valence-electron chi connectivity index (χ0n) is 29.8. The Morgan fingerprint density at radius 2 is 1.79 bits per heavy atom. The van der Waals surface area contributed by atoms with Crippen molar-refractivity contribution in [2.45, 2.75) is 49.7 Å². The van der Waals surface area contributed by atoms with Crippen molar-refractivity contribution >= 4 is 61.3 Å². The highest BCUT2D eigenvalue weighted by molar-refractivity contribution is 7.92. The minimum atomic E-state index is -4.40. The van der Waals surface area contributed by atoms with Crippen molar-refractivity contribution in [1.82, 2.24) is 29.0 Å². The number of aromatic hydroxyl groups is 1. The molecule has 0 saturated carbocycles. The molecule has 1 aromatic heterocycles. The van der Waals surface area contributed by atoms with Crippen molar-refractivity contribution < 1.29 is 50.6 Å². The van der Waals surface area contributed by atoms with Crippen LogP contribution in [0.5, 0.6) is 11.5 Å². The summed E-state index contributed by atoms with van der Waals surface area (Å²) >= 11 is 0. The molecule has 0 bridgehead atoms. The van der Waals surface area contributed by atoms with E-state index in [-0.39, 0.29) is 61.3 Å². The van der Waals surface area contributed by atoms with Gasteiger partial charge < -0.3 is 14.7 Å². The van der Waals surface area contributed by atoms with E-state index in [0.29, 0.717) is 33.9 Å². The van der Waals surface area contributed by atoms with Crippen molar-refractivity contribution in [3.63, 3.8) is 0 Å². The summed E-state index contributed by atoms with van der Waals surface area (Å²) in [5.41, 5.74) is -0.100. The number of fused-ring (bicyclic) bond motifs is 2. The molecule has 4 aliphatic heterocycles. The second-order valence-electron chi connectivity index (χ2n) is 14.6. The van der Waals surface area contributed by atoms with Gasteiger partial charge in [0, 0.05) is 31.8 Å². The van der Waals surface area contributed by atoms with E-state index in [2.05, 4.69) is 5.32 Å². The minimum absolute atomic E-state index is 0.0356. The van der Waals surface area contributed by atoms with Crippen molar-refractivity contribution in [3.8, 4) is 11.5 Å². The van der Waals surface area contributed by atoms with Crippen LogP contribution < -0.4 is 24.8 Å². The molecule has 56 heavy (non-hydrogen) atoms. The van der Waals surface area contributed by atoms with E-state index >= 15 is 13.2 Å². The molecule has 0 radical (unpaired) electrons. The zero-order chi connectivity index (χ0) is 39.8. The van der Waals surface area contributed by atoms with Gasteiger partial charge in [0.2, 0.25) is 17.7 Å². The smallest absolute Gasteiger partial charge is 0.329 e. The number of phenolic OH excluding ortho intramolecular Hbond substituents is 1. The van der Waals surface area contributed by atoms with E-state index in [1.807, 2.05) is 0 Å². The molecule has 4 aromatic rings. The maximum Gasteiger partial charge on any atom is 0.329 e. The SMILES string of the molecule is Cn1c(=O)n(C2CCC(=O)NC2=O)c2ccc(C3CCN(CC(=O)N4CCC(Oc5ccc6cc(O)c(N7CC(=O)NS7(=O)=O)c(F)c6c5)C4)CC3(F)F)cc21. The van der Waals surface area contributed by atoms with E-state index in [0.717, 1.165) is 0 Å². The van der Waals surface area contributed by atoms with Crippen LogP contribution in [0.2, 0.25) is 0 Å². The Morgan fingerprint density at radius 1 is 1.00 bits per heavy atom. The normalized spacial score (nSPS) is 23.9. The van der Waals surface area contributed by atoms with Gasteiger partial charge in [-0.25, -0.2) is 27.0 Å². The summed E-state index contributed by atoms with van der Waals surface area (Å²) in [5, 5.41) is 12.8. The number of nitrogens with one attached hydrogen (secondary N) is 2. The Labute approximate surface area is 316 Å². The maximum atomic E-state index is 15.8. The van der Waals surface area contributed by atoms with E-state index < -0.39 is 88.0 Å². The first-order valence-electron chi connectivity index (χ1n) is 17.9. The average molecular weight is 800 g/mol. The number of carbonyl (C=O) groups excluding carboxylic acids is 4. The summed E-state index contributed by atoms with van der Waals surface area (Å²) < 4.78 is 82.8. The standard InChI is InChI=1S/C36H36F3N7O9S/c1-42-27-12-20(3-5-25(27)46(35(42)52)26-6-7-29(48)40-34(26)51)24-9-10-43(18-36(24,38)39)17-31(50)44-11-8-22(15-44)55-21-4-2-19-13-28(47)33(32(37)23(19)14-21)45-16-30(49)41-56(45,53)54/h2-5,12-14,22,24,26,47H,6-11,15-18H2,1H3,(H,41,49)(H,40,48,51). The van der Waals surface area contributed by atoms with Gasteiger partial charge in [-0.05, 0) is 60.7 Å². The molecule has 20 heteroatoms. The second kappa shape index (κ2) is 13.5. The number of rotatable bonds is 7. The molecule has 4 saturated heterocycles. The van der Waals surface area contributed by atoms with Gasteiger partial charge in [0.1, 0.15) is 35.9 Å². The summed E-state index contributed by atoms with van der Waals surface area (Å²) in [6.45, 7) is -0.987. The van der Waals surface area contributed by atoms with E-state index in [1.165, 1.54) is 62.4 Å². The Morgan fingerprint density at radius 3 is 2.50 bits per heavy atom. The molecule has 4 fully saturated rings. The van der Waals surface area contributed by atoms with Crippen LogP contribution in [0.25, 0.3) is 21.8 Å². The van der Waals surface area contributed by atoms with E-state index in [9.17, 15) is 37.5 Å². The largest absolute Gasteiger partial charge is 0.506 e. The average Bonchev–Trinajstić information content (AvgIpc) is 3.77. The van der Waals surface area contributed by atoms with Crippen LogP contribution >= 0.6 is 0 Å². The molecule has 4 amide bonds. The van der Waals surface area contributed by atoms with Crippen LogP contribution in [0.15, 0.2) is 47.3 Å². The van der Waals surface area contributed by atoms with Gasteiger partial charge in [-0.3, -0.25) is 38.5 Å². The van der Waals surface area contributed by atoms with Gasteiger partial charge in [-0.15, -0.1) is 0 Å². The number of imide groups is 1. The van der Waals surface area contributed by atoms with Gasteiger partial charge in [0.15, 0.2) is 5.82 Å². The fourth-order valence-corrected chi connectivity index (χ4v) is 9.34. The zero-order valence-corrected chi connectivity index (χ0v) is 30.7. The molecule has 0 aliphatic carbocycles. The Hall–Kier alpha value is -5.63. The fourth-order valence-electron chi connectivity index (χ4n) is 8.18. The lowest BCUT2D eigenvalue weighted by Crippen LogP contribution is -2.50. The molecule has 3 aromatic carbocycles. The number of benzene rings is 3. The third-order valence-corrected chi connectivity index (χ3v) is 12.3. The number of phenols is 1. The third-order valence-electron chi connectivity index (χ3n) is 10.9. The topological polar surface area (TPSA) is 193 Å². The lowest BCUT2D eigenvalue weighted by Gasteiger charge is -2.38. The number of hydrogen-bond acceptors (Lipinski definition) is 10. The molecule has 3 unspecified atom stereocenters. The van der Waals surface area contributed by atoms with Crippen LogP contribution in [-0.2, 0) is 36.4 Å². The highest BCUT2D eigenvalue weighted by Gasteiger charge is 2.46. The lowest BCUT2D eigenvalue weighted by molar-refractivity contribution is -0.136. The van der Waals surface area contributed by atoms with Crippen molar-refractivity contribution in [1.29, 1.82) is 0 Å². The summed E-state index contributed by atoms with van der Waals surface area (Å²) in [6, 6.07) is 9.20. The Bertz CT molecular complexity index is 2520. The fraction of sp³-hybridized carbons (Fsp3) is 0.417. The number of nitrogens with zero attached hydrogens (tertiary/aromatic N) is 5. The number of piperidine rings is 2. The molecule has 8 rings (SSSR count). The highest BCUT2D eigenvalue weighted by Crippen LogP contribution is 2.42. The number of carbonyl (C=O) groups is 4. The number of likely N-dealkylation sites (tertiary alicyclic amines) is 2. The molecular formula is C36H36F3N7O9S. The first-order valence-corrected chi connectivity index (χ1v) is 19.3. The summed E-state index contributed by atoms with van der Waals surface area (Å²) in [7, 11) is -2.91. The van der Waals surface area contributed by atoms with Crippen molar-refractivity contribution in [2.24, 2.45) is 7.05 Å². The van der Waals surface area contributed by atoms with E-state index in [4.69, 9.17) is 4.74 Å². The van der Waals surface area contributed by atoms with Crippen LogP contribution in [0.4, 0.5) is 18.9 Å². The molecule has 16 nitrogen and oxygen atoms in total. The van der Waals surface area contributed by atoms with Crippen LogP contribution in [0.1, 0.15) is 43.2 Å². The molecular weight excluding hydrogens is 763 g/mol. The first-order chi connectivity index (χ1) is 26.5. The van der Waals surface area contributed by atoms with Gasteiger partial charge in [0.25, 0.3) is 11.8 Å². The van der Waals surface area contributed by atoms with Crippen LogP contribution in [0, 0.1) is 5.82 Å². The minimum Gasteiger partial charge on any atom is -0.506 e. The van der Waals surface area contributed by atoms with Crippen LogP contribution in [0.3, 0.4) is 0 Å². The quantitative estimate of drug-likeness (QED) is 0.232. The lowest BCUT2D eigenvalue weighted by atomic mass is 9.86. The van der Waals surface area contributed by atoms with Gasteiger partial charge >= 0.3 is 15.9 Å². The summed E-state index contributed by atoms with van der Waals surface area (Å²) in [6.07, 6.45) is 0.140. The highest BCUT2D eigenvalue weighted by atomic mass is 32.2.